The van der Waals surface area contributed by atoms with Gasteiger partial charge in [-0.15, -0.1) is 0 Å². The smallest absolute Gasteiger partial charge is 0.300 e. The molecule has 1 aromatic carbocycles. The van der Waals surface area contributed by atoms with Crippen LogP contribution in [0.1, 0.15) is 31.9 Å². The van der Waals surface area contributed by atoms with Crippen LogP contribution in [0.2, 0.25) is 0 Å². The maximum atomic E-state index is 12.7. The third-order valence-electron chi connectivity index (χ3n) is 2.64. The number of carbonyl (C=O) groups excluding carboxylic acids is 1. The summed E-state index contributed by atoms with van der Waals surface area (Å²) in [6, 6.07) is 6.56. The number of alkyl halides is 3. The first-order chi connectivity index (χ1) is 8.30. The van der Waals surface area contributed by atoms with Crippen molar-refractivity contribution in [2.75, 3.05) is 0 Å². The minimum Gasteiger partial charge on any atom is -0.300 e. The average molecular weight is 259 g/mol. The maximum absolute atomic E-state index is 12.7. The molecule has 1 rings (SSSR count). The molecule has 0 spiro atoms. The topological polar surface area (TPSA) is 29.1 Å². The van der Waals surface area contributed by atoms with Crippen molar-refractivity contribution >= 4 is 5.78 Å². The molecule has 2 nitrogen and oxygen atoms in total. The van der Waals surface area contributed by atoms with E-state index in [1.807, 2.05) is 0 Å². The van der Waals surface area contributed by atoms with Crippen LogP contribution in [0.5, 0.6) is 0 Å². The van der Waals surface area contributed by atoms with Gasteiger partial charge >= 0.3 is 6.18 Å². The molecule has 1 N–H and O–H groups in total. The summed E-state index contributed by atoms with van der Waals surface area (Å²) in [5, 5.41) is 2.46. The van der Waals surface area contributed by atoms with Crippen LogP contribution in [-0.4, -0.2) is 18.0 Å². The molecule has 0 aliphatic heterocycles. The number of nitrogens with one attached hydrogen (secondary N) is 1. The van der Waals surface area contributed by atoms with Crippen LogP contribution in [0.15, 0.2) is 30.3 Å². The molecule has 0 saturated carbocycles. The number of halogens is 3. The highest BCUT2D eigenvalue weighted by Gasteiger charge is 2.40. The fraction of sp³-hybridized carbons (Fsp3) is 0.462. The van der Waals surface area contributed by atoms with Crippen LogP contribution < -0.4 is 5.32 Å². The number of rotatable bonds is 5. The molecule has 2 atom stereocenters. The second-order valence-corrected chi connectivity index (χ2v) is 4.30. The highest BCUT2D eigenvalue weighted by atomic mass is 19.4. The first-order valence-electron chi connectivity index (χ1n) is 5.68. The van der Waals surface area contributed by atoms with Crippen molar-refractivity contribution in [2.24, 2.45) is 0 Å². The van der Waals surface area contributed by atoms with Crippen LogP contribution in [0.25, 0.3) is 0 Å². The Hall–Kier alpha value is -1.36. The van der Waals surface area contributed by atoms with E-state index in [0.29, 0.717) is 0 Å². The molecule has 18 heavy (non-hydrogen) atoms. The molecule has 5 heteroatoms. The van der Waals surface area contributed by atoms with Gasteiger partial charge in [-0.1, -0.05) is 30.3 Å². The number of ketones is 1. The lowest BCUT2D eigenvalue weighted by Gasteiger charge is -2.25. The molecular formula is C13H16F3NO. The van der Waals surface area contributed by atoms with Gasteiger partial charge in [0.2, 0.25) is 0 Å². The van der Waals surface area contributed by atoms with Gasteiger partial charge < -0.3 is 0 Å². The van der Waals surface area contributed by atoms with E-state index in [1.54, 1.807) is 37.3 Å². The summed E-state index contributed by atoms with van der Waals surface area (Å²) in [4.78, 5) is 10.9. The van der Waals surface area contributed by atoms with E-state index < -0.39 is 30.5 Å². The SMILES string of the molecule is CC(=O)CC(N[C@H](C)c1ccccc1)C(F)(F)F. The quantitative estimate of drug-likeness (QED) is 0.879. The highest BCUT2D eigenvalue weighted by molar-refractivity contribution is 5.76. The number of benzene rings is 1. The second-order valence-electron chi connectivity index (χ2n) is 4.30. The van der Waals surface area contributed by atoms with Crippen LogP contribution in [0, 0.1) is 0 Å². The Labute approximate surface area is 104 Å². The molecule has 100 valence electrons. The molecule has 0 heterocycles. The number of hydrogen-bond acceptors (Lipinski definition) is 2. The highest BCUT2D eigenvalue weighted by Crippen LogP contribution is 2.25. The molecule has 1 aromatic rings. The third kappa shape index (κ3) is 4.49. The van der Waals surface area contributed by atoms with Gasteiger partial charge in [0, 0.05) is 12.5 Å². The Morgan fingerprint density at radius 2 is 1.83 bits per heavy atom. The van der Waals surface area contributed by atoms with Gasteiger partial charge in [0.15, 0.2) is 0 Å². The van der Waals surface area contributed by atoms with E-state index >= 15 is 0 Å². The molecule has 0 aliphatic carbocycles. The Balaban J connectivity index is 2.75. The average Bonchev–Trinajstić information content (AvgIpc) is 2.27. The lowest BCUT2D eigenvalue weighted by Crippen LogP contribution is -2.44. The summed E-state index contributed by atoms with van der Waals surface area (Å²) < 4.78 is 38.2. The van der Waals surface area contributed by atoms with Gasteiger partial charge in [-0.05, 0) is 19.4 Å². The number of hydrogen-bond donors (Lipinski definition) is 1. The predicted molar refractivity (Wildman–Crippen MR) is 63.1 cm³/mol. The largest absolute Gasteiger partial charge is 0.404 e. The van der Waals surface area contributed by atoms with Crippen molar-refractivity contribution < 1.29 is 18.0 Å². The van der Waals surface area contributed by atoms with E-state index in [4.69, 9.17) is 0 Å². The van der Waals surface area contributed by atoms with E-state index in [0.717, 1.165) is 12.5 Å². The standard InChI is InChI=1S/C13H16F3NO/c1-9(18)8-12(13(14,15)16)17-10(2)11-6-4-3-5-7-11/h3-7,10,12,17H,8H2,1-2H3/t10-,12?/m1/s1. The lowest BCUT2D eigenvalue weighted by molar-refractivity contribution is -0.162. The molecule has 0 fully saturated rings. The van der Waals surface area contributed by atoms with Gasteiger partial charge in [0.1, 0.15) is 11.8 Å². The summed E-state index contributed by atoms with van der Waals surface area (Å²) in [6.07, 6.45) is -4.96. The van der Waals surface area contributed by atoms with Crippen LogP contribution >= 0.6 is 0 Å². The minimum absolute atomic E-state index is 0.461. The molecule has 0 bridgehead atoms. The Morgan fingerprint density at radius 1 is 1.28 bits per heavy atom. The van der Waals surface area contributed by atoms with E-state index in [2.05, 4.69) is 5.32 Å². The van der Waals surface area contributed by atoms with Crippen LogP contribution in [-0.2, 0) is 4.79 Å². The first kappa shape index (κ1) is 14.7. The third-order valence-corrected chi connectivity index (χ3v) is 2.64. The molecule has 0 aliphatic rings. The van der Waals surface area contributed by atoms with Crippen molar-refractivity contribution in [1.82, 2.24) is 5.32 Å². The van der Waals surface area contributed by atoms with Gasteiger partial charge in [0.05, 0.1) is 0 Å². The fourth-order valence-corrected chi connectivity index (χ4v) is 1.70. The predicted octanol–water partition coefficient (Wildman–Crippen LogP) is 3.25. The molecule has 1 unspecified atom stereocenters. The molecule has 0 saturated heterocycles. The summed E-state index contributed by atoms with van der Waals surface area (Å²) >= 11 is 0. The minimum atomic E-state index is -4.42. The Morgan fingerprint density at radius 3 is 2.28 bits per heavy atom. The monoisotopic (exact) mass is 259 g/mol. The van der Waals surface area contributed by atoms with E-state index in [1.165, 1.54) is 0 Å². The van der Waals surface area contributed by atoms with E-state index in [9.17, 15) is 18.0 Å². The normalized spacial score (nSPS) is 15.2. The first-order valence-corrected chi connectivity index (χ1v) is 5.68. The summed E-state index contributed by atoms with van der Waals surface area (Å²) in [6.45, 7) is 2.81. The fourth-order valence-electron chi connectivity index (χ4n) is 1.70. The van der Waals surface area contributed by atoms with Gasteiger partial charge in [0.25, 0.3) is 0 Å². The number of Topliss-reactive ketones (excluding diaryl/α,β-unsaturated/α-hetero) is 1. The summed E-state index contributed by atoms with van der Waals surface area (Å²) in [5.74, 6) is -0.481. The second kappa shape index (κ2) is 6.00. The number of carbonyl (C=O) groups is 1. The molecule has 0 aromatic heterocycles. The summed E-state index contributed by atoms with van der Waals surface area (Å²) in [5.41, 5.74) is 0.760. The van der Waals surface area contributed by atoms with E-state index in [-0.39, 0.29) is 0 Å². The van der Waals surface area contributed by atoms with Crippen LogP contribution in [0.3, 0.4) is 0 Å². The van der Waals surface area contributed by atoms with Gasteiger partial charge in [-0.3, -0.25) is 10.1 Å². The molecular weight excluding hydrogens is 243 g/mol. The molecule has 0 radical (unpaired) electrons. The zero-order valence-electron chi connectivity index (χ0n) is 10.3. The van der Waals surface area contributed by atoms with Crippen molar-refractivity contribution in [3.8, 4) is 0 Å². The van der Waals surface area contributed by atoms with Crippen molar-refractivity contribution in [2.45, 2.75) is 38.5 Å². The Kier molecular flexibility index (Phi) is 4.90. The maximum Gasteiger partial charge on any atom is 0.404 e. The Bertz CT molecular complexity index is 389. The van der Waals surface area contributed by atoms with Crippen molar-refractivity contribution in [3.63, 3.8) is 0 Å². The van der Waals surface area contributed by atoms with Crippen molar-refractivity contribution in [3.05, 3.63) is 35.9 Å². The molecule has 0 amide bonds. The zero-order chi connectivity index (χ0) is 13.8. The summed E-state index contributed by atoms with van der Waals surface area (Å²) in [7, 11) is 0. The van der Waals surface area contributed by atoms with Gasteiger partial charge in [-0.25, -0.2) is 0 Å². The lowest BCUT2D eigenvalue weighted by atomic mass is 10.1. The van der Waals surface area contributed by atoms with Gasteiger partial charge in [-0.2, -0.15) is 13.2 Å². The zero-order valence-corrected chi connectivity index (χ0v) is 10.3. The van der Waals surface area contributed by atoms with Crippen LogP contribution in [0.4, 0.5) is 13.2 Å². The van der Waals surface area contributed by atoms with Crippen molar-refractivity contribution in [1.29, 1.82) is 0 Å².